The molecule has 2 atom stereocenters. The molecule has 0 aromatic carbocycles. The van der Waals surface area contributed by atoms with Crippen LogP contribution in [-0.4, -0.2) is 44.8 Å². The van der Waals surface area contributed by atoms with Crippen LogP contribution >= 0.6 is 7.82 Å². The van der Waals surface area contributed by atoms with Gasteiger partial charge in [0.1, 0.15) is 6.04 Å². The van der Waals surface area contributed by atoms with Crippen molar-refractivity contribution in [3.63, 3.8) is 0 Å². The second-order valence-electron chi connectivity index (χ2n) is 7.91. The molecule has 34 heavy (non-hydrogen) atoms. The summed E-state index contributed by atoms with van der Waals surface area (Å²) in [7, 11) is -4.45. The highest BCUT2D eigenvalue weighted by molar-refractivity contribution is 7.46. The van der Waals surface area contributed by atoms with Crippen molar-refractivity contribution in [2.24, 2.45) is 5.73 Å². The Labute approximate surface area is 201 Å². The number of phosphoric ester groups is 1. The van der Waals surface area contributed by atoms with Crippen molar-refractivity contribution in [2.45, 2.75) is 89.7 Å². The van der Waals surface area contributed by atoms with E-state index in [1.807, 2.05) is 12.2 Å². The van der Waals surface area contributed by atoms with E-state index >= 15 is 0 Å². The third-order valence-electron chi connectivity index (χ3n) is 4.68. The molecule has 0 heterocycles. The first-order chi connectivity index (χ1) is 16.0. The Morgan fingerprint density at radius 1 is 0.941 bits per heavy atom. The van der Waals surface area contributed by atoms with Gasteiger partial charge in [0.2, 0.25) is 11.8 Å². The van der Waals surface area contributed by atoms with Gasteiger partial charge in [0, 0.05) is 12.8 Å². The number of phosphoric acid groups is 1. The first kappa shape index (κ1) is 31.7. The van der Waals surface area contributed by atoms with Crippen molar-refractivity contribution in [1.82, 2.24) is 5.32 Å². The van der Waals surface area contributed by atoms with Crippen molar-refractivity contribution < 1.29 is 38.4 Å². The van der Waals surface area contributed by atoms with Crippen LogP contribution in [0, 0.1) is 0 Å². The largest absolute Gasteiger partial charge is 0.480 e. The Morgan fingerprint density at radius 2 is 1.53 bits per heavy atom. The van der Waals surface area contributed by atoms with E-state index in [-0.39, 0.29) is 25.2 Å². The zero-order chi connectivity index (χ0) is 25.8. The van der Waals surface area contributed by atoms with Crippen molar-refractivity contribution in [1.29, 1.82) is 0 Å². The topological polar surface area (TPSA) is 176 Å². The molecule has 194 valence electrons. The minimum atomic E-state index is -4.45. The van der Waals surface area contributed by atoms with E-state index in [9.17, 15) is 18.9 Å². The van der Waals surface area contributed by atoms with Crippen LogP contribution < -0.4 is 11.1 Å². The van der Waals surface area contributed by atoms with E-state index in [1.165, 1.54) is 0 Å². The molecule has 11 heteroatoms. The van der Waals surface area contributed by atoms with Gasteiger partial charge in [-0.05, 0) is 45.4 Å². The Hall–Kier alpha value is -2.26. The van der Waals surface area contributed by atoms with Crippen LogP contribution in [0.2, 0.25) is 0 Å². The summed E-state index contributed by atoms with van der Waals surface area (Å²) in [5.41, 5.74) is 5.01. The van der Waals surface area contributed by atoms with Gasteiger partial charge in [0.05, 0.1) is 6.10 Å². The molecule has 0 aromatic rings. The average molecular weight is 503 g/mol. The standard InChI is InChI=1S/C23H39N2O8P/c1-19(33-34(30,31)32)15-13-11-9-7-5-3-2-4-6-8-10-12-14-16-22(27)25-20(23(28)29)17-18-21(24)26/h2-3,7,9,13,15,19-20H,4-6,8,10-12,14,16-18H2,1H3,(H2,24,26)(H,25,27)(H,28,29)(H2,30,31,32). The lowest BCUT2D eigenvalue weighted by molar-refractivity contribution is -0.142. The summed E-state index contributed by atoms with van der Waals surface area (Å²) >= 11 is 0. The third-order valence-corrected chi connectivity index (χ3v) is 5.28. The molecule has 0 saturated carbocycles. The Balaban J connectivity index is 3.72. The number of primary amides is 1. The van der Waals surface area contributed by atoms with Crippen LogP contribution in [0.4, 0.5) is 0 Å². The Bertz CT molecular complexity index is 745. The molecule has 0 bridgehead atoms. The highest BCUT2D eigenvalue weighted by Gasteiger charge is 2.20. The van der Waals surface area contributed by atoms with E-state index in [2.05, 4.69) is 22.0 Å². The summed E-state index contributed by atoms with van der Waals surface area (Å²) in [6, 6.07) is -1.09. The van der Waals surface area contributed by atoms with Crippen LogP contribution in [0.15, 0.2) is 36.5 Å². The van der Waals surface area contributed by atoms with Crippen molar-refractivity contribution >= 4 is 25.6 Å². The summed E-state index contributed by atoms with van der Waals surface area (Å²) in [6.07, 6.45) is 18.3. The molecule has 0 saturated heterocycles. The highest BCUT2D eigenvalue weighted by atomic mass is 31.2. The molecule has 6 N–H and O–H groups in total. The Kier molecular flexibility index (Phi) is 17.8. The van der Waals surface area contributed by atoms with E-state index in [0.29, 0.717) is 12.8 Å². The second-order valence-corrected chi connectivity index (χ2v) is 9.11. The number of nitrogens with two attached hydrogens (primary N) is 1. The lowest BCUT2D eigenvalue weighted by Crippen LogP contribution is -2.41. The summed E-state index contributed by atoms with van der Waals surface area (Å²) in [5.74, 6) is -2.09. The zero-order valence-electron chi connectivity index (χ0n) is 19.8. The molecule has 0 rings (SSSR count). The summed E-state index contributed by atoms with van der Waals surface area (Å²) in [6.45, 7) is 1.56. The molecular weight excluding hydrogens is 463 g/mol. The van der Waals surface area contributed by atoms with Crippen LogP contribution in [0.3, 0.4) is 0 Å². The average Bonchev–Trinajstić information content (AvgIpc) is 2.72. The lowest BCUT2D eigenvalue weighted by atomic mass is 10.1. The maximum atomic E-state index is 11.9. The van der Waals surface area contributed by atoms with Gasteiger partial charge < -0.3 is 25.9 Å². The maximum Gasteiger partial charge on any atom is 0.470 e. The Morgan fingerprint density at radius 3 is 2.15 bits per heavy atom. The fraction of sp³-hybridized carbons (Fsp3) is 0.609. The molecule has 0 aliphatic rings. The van der Waals surface area contributed by atoms with Gasteiger partial charge in [0.15, 0.2) is 0 Å². The number of carboxylic acid groups (broad SMARTS) is 1. The number of hydrogen-bond donors (Lipinski definition) is 5. The van der Waals surface area contributed by atoms with Crippen LogP contribution in [-0.2, 0) is 23.5 Å². The highest BCUT2D eigenvalue weighted by Crippen LogP contribution is 2.37. The van der Waals surface area contributed by atoms with Gasteiger partial charge in [-0.1, -0.05) is 55.7 Å². The molecule has 2 amide bonds. The van der Waals surface area contributed by atoms with Gasteiger partial charge in [-0.3, -0.25) is 14.1 Å². The third kappa shape index (κ3) is 21.6. The number of hydrogen-bond acceptors (Lipinski definition) is 5. The molecular formula is C23H39N2O8P. The zero-order valence-corrected chi connectivity index (χ0v) is 20.7. The summed E-state index contributed by atoms with van der Waals surface area (Å²) in [5, 5.41) is 11.5. The molecule has 0 fully saturated rings. The number of allylic oxidation sites excluding steroid dienone is 5. The number of carbonyl (C=O) groups is 3. The normalized spacial score (nSPS) is 14.1. The van der Waals surface area contributed by atoms with Crippen molar-refractivity contribution in [3.05, 3.63) is 36.5 Å². The lowest BCUT2D eigenvalue weighted by Gasteiger charge is -2.13. The maximum absolute atomic E-state index is 11.9. The minimum absolute atomic E-state index is 0.00666. The monoisotopic (exact) mass is 502 g/mol. The SMILES string of the molecule is CC(C=CCC=CCC=CCCCCCCCC(=O)NC(CCC(N)=O)C(=O)O)OP(=O)(O)O. The predicted octanol–water partition coefficient (Wildman–Crippen LogP) is 3.50. The van der Waals surface area contributed by atoms with Crippen LogP contribution in [0.5, 0.6) is 0 Å². The number of amides is 2. The molecule has 0 aromatic heterocycles. The first-order valence-electron chi connectivity index (χ1n) is 11.5. The molecule has 10 nitrogen and oxygen atoms in total. The predicted molar refractivity (Wildman–Crippen MR) is 130 cm³/mol. The molecule has 0 spiro atoms. The molecule has 0 aliphatic heterocycles. The number of rotatable bonds is 20. The van der Waals surface area contributed by atoms with Gasteiger partial charge in [-0.25, -0.2) is 9.36 Å². The van der Waals surface area contributed by atoms with Crippen molar-refractivity contribution in [2.75, 3.05) is 0 Å². The van der Waals surface area contributed by atoms with Gasteiger partial charge >= 0.3 is 13.8 Å². The van der Waals surface area contributed by atoms with Gasteiger partial charge in [-0.2, -0.15) is 0 Å². The molecule has 2 unspecified atom stereocenters. The summed E-state index contributed by atoms with van der Waals surface area (Å²) < 4.78 is 15.2. The molecule has 0 radical (unpaired) electrons. The van der Waals surface area contributed by atoms with E-state index in [0.717, 1.165) is 38.5 Å². The number of unbranched alkanes of at least 4 members (excludes halogenated alkanes) is 5. The molecule has 0 aliphatic carbocycles. The van der Waals surface area contributed by atoms with Crippen LogP contribution in [0.25, 0.3) is 0 Å². The fourth-order valence-corrected chi connectivity index (χ4v) is 3.48. The van der Waals surface area contributed by atoms with E-state index in [1.54, 1.807) is 19.1 Å². The quantitative estimate of drug-likeness (QED) is 0.0954. The van der Waals surface area contributed by atoms with E-state index in [4.69, 9.17) is 20.6 Å². The van der Waals surface area contributed by atoms with Gasteiger partial charge in [-0.15, -0.1) is 0 Å². The van der Waals surface area contributed by atoms with E-state index < -0.39 is 31.8 Å². The van der Waals surface area contributed by atoms with Crippen molar-refractivity contribution in [3.8, 4) is 0 Å². The van der Waals surface area contributed by atoms with Gasteiger partial charge in [0.25, 0.3) is 0 Å². The first-order valence-corrected chi connectivity index (χ1v) is 13.1. The fourth-order valence-electron chi connectivity index (χ4n) is 2.97. The smallest absolute Gasteiger partial charge is 0.470 e. The second kappa shape index (κ2) is 19.1. The number of aliphatic carboxylic acids is 1. The number of nitrogens with one attached hydrogen (secondary N) is 1. The summed E-state index contributed by atoms with van der Waals surface area (Å²) in [4.78, 5) is 51.1. The minimum Gasteiger partial charge on any atom is -0.480 e. The van der Waals surface area contributed by atoms with Crippen LogP contribution in [0.1, 0.15) is 77.6 Å². The number of carboxylic acids is 1. The number of carbonyl (C=O) groups excluding carboxylic acids is 2.